The third-order valence-electron chi connectivity index (χ3n) is 3.62. The molecule has 3 heterocycles. The van der Waals surface area contributed by atoms with E-state index < -0.39 is 6.09 Å². The molecule has 25 heavy (non-hydrogen) atoms. The average molecular weight is 350 g/mol. The lowest BCUT2D eigenvalue weighted by molar-refractivity contribution is -0.140. The lowest BCUT2D eigenvalue weighted by Gasteiger charge is -2.32. The number of hydrogen-bond donors (Lipinski definition) is 1. The van der Waals surface area contributed by atoms with E-state index in [0.717, 1.165) is 0 Å². The normalized spacial score (nSPS) is 17.3. The van der Waals surface area contributed by atoms with E-state index >= 15 is 0 Å². The van der Waals surface area contributed by atoms with Crippen molar-refractivity contribution in [1.82, 2.24) is 30.4 Å². The van der Waals surface area contributed by atoms with Crippen molar-refractivity contribution < 1.29 is 23.9 Å². The van der Waals surface area contributed by atoms with Crippen LogP contribution in [0.4, 0.5) is 4.79 Å². The molecule has 2 aromatic heterocycles. The number of carbonyl (C=O) groups is 2. The number of rotatable bonds is 5. The minimum Gasteiger partial charge on any atom is -0.453 e. The zero-order chi connectivity index (χ0) is 17.6. The van der Waals surface area contributed by atoms with Crippen LogP contribution in [0.1, 0.15) is 0 Å². The quantitative estimate of drug-likeness (QED) is 0.717. The number of carbonyl (C=O) groups excluding carboxylic acids is 2. The molecule has 1 unspecified atom stereocenters. The third kappa shape index (κ3) is 4.12. The number of methoxy groups -OCH3 is 1. The van der Waals surface area contributed by atoms with Crippen molar-refractivity contribution in [1.29, 1.82) is 0 Å². The standard InChI is InChI=1S/C14H18N6O5/c1-23-14(22)16-7-12(21)19-5-6-24-10(8-19)9-25-20-13-11(17-18-20)3-2-4-15-13/h2-4,10H,5-9H2,1H3,(H,16,22). The zero-order valence-electron chi connectivity index (χ0n) is 13.6. The van der Waals surface area contributed by atoms with Gasteiger partial charge < -0.3 is 24.5 Å². The summed E-state index contributed by atoms with van der Waals surface area (Å²) in [5.74, 6) is -0.216. The Morgan fingerprint density at radius 3 is 3.20 bits per heavy atom. The molecule has 0 spiro atoms. The molecule has 0 saturated carbocycles. The van der Waals surface area contributed by atoms with Gasteiger partial charge in [0.05, 0.1) is 20.3 Å². The Kier molecular flexibility index (Phi) is 5.23. The van der Waals surface area contributed by atoms with Crippen LogP contribution in [0.15, 0.2) is 18.3 Å². The van der Waals surface area contributed by atoms with Crippen LogP contribution in [-0.4, -0.2) is 83.1 Å². The van der Waals surface area contributed by atoms with E-state index in [2.05, 4.69) is 25.3 Å². The minimum atomic E-state index is -0.646. The van der Waals surface area contributed by atoms with E-state index in [-0.39, 0.29) is 25.2 Å². The summed E-state index contributed by atoms with van der Waals surface area (Å²) in [5, 5.41) is 10.2. The first kappa shape index (κ1) is 16.9. The molecule has 0 radical (unpaired) electrons. The Morgan fingerprint density at radius 2 is 2.36 bits per heavy atom. The van der Waals surface area contributed by atoms with E-state index in [1.165, 1.54) is 12.0 Å². The Morgan fingerprint density at radius 1 is 1.48 bits per heavy atom. The Bertz CT molecular complexity index is 750. The number of alkyl carbamates (subject to hydrolysis) is 1. The van der Waals surface area contributed by atoms with Gasteiger partial charge in [0.25, 0.3) is 0 Å². The van der Waals surface area contributed by atoms with Crippen LogP contribution in [0, 0.1) is 0 Å². The van der Waals surface area contributed by atoms with Gasteiger partial charge in [-0.05, 0) is 17.3 Å². The lowest BCUT2D eigenvalue weighted by Crippen LogP contribution is -2.50. The SMILES string of the molecule is COC(=O)NCC(=O)N1CCOC(COn2nnc3cccnc32)C1. The molecule has 2 amide bonds. The molecule has 1 fully saturated rings. The highest BCUT2D eigenvalue weighted by Gasteiger charge is 2.25. The number of pyridine rings is 1. The van der Waals surface area contributed by atoms with Gasteiger partial charge in [-0.2, -0.15) is 0 Å². The molecule has 0 aromatic carbocycles. The predicted molar refractivity (Wildman–Crippen MR) is 83.5 cm³/mol. The van der Waals surface area contributed by atoms with E-state index in [0.29, 0.717) is 30.9 Å². The first-order chi connectivity index (χ1) is 12.2. The third-order valence-corrected chi connectivity index (χ3v) is 3.62. The summed E-state index contributed by atoms with van der Waals surface area (Å²) in [4.78, 5) is 35.7. The molecule has 1 saturated heterocycles. The Balaban J connectivity index is 1.51. The summed E-state index contributed by atoms with van der Waals surface area (Å²) in [6.07, 6.45) is 0.656. The van der Waals surface area contributed by atoms with Crippen LogP contribution in [-0.2, 0) is 14.3 Å². The average Bonchev–Trinajstić information content (AvgIpc) is 3.07. The fourth-order valence-corrected chi connectivity index (χ4v) is 2.36. The van der Waals surface area contributed by atoms with Gasteiger partial charge in [0.1, 0.15) is 24.8 Å². The van der Waals surface area contributed by atoms with Crippen molar-refractivity contribution in [2.75, 3.05) is 40.0 Å². The number of aromatic nitrogens is 4. The maximum Gasteiger partial charge on any atom is 0.407 e. The van der Waals surface area contributed by atoms with Crippen molar-refractivity contribution in [3.05, 3.63) is 18.3 Å². The van der Waals surface area contributed by atoms with Crippen molar-refractivity contribution in [2.45, 2.75) is 6.10 Å². The number of amides is 2. The molecular weight excluding hydrogens is 332 g/mol. The number of nitrogens with zero attached hydrogens (tertiary/aromatic N) is 5. The molecule has 134 valence electrons. The van der Waals surface area contributed by atoms with Gasteiger partial charge in [0.2, 0.25) is 11.6 Å². The molecule has 11 heteroatoms. The topological polar surface area (TPSA) is 121 Å². The summed E-state index contributed by atoms with van der Waals surface area (Å²) in [7, 11) is 1.24. The first-order valence-electron chi connectivity index (χ1n) is 7.68. The van der Waals surface area contributed by atoms with Gasteiger partial charge in [-0.15, -0.1) is 5.10 Å². The van der Waals surface area contributed by atoms with Crippen LogP contribution in [0.5, 0.6) is 0 Å². The maximum absolute atomic E-state index is 12.1. The highest BCUT2D eigenvalue weighted by Crippen LogP contribution is 2.07. The van der Waals surface area contributed by atoms with Gasteiger partial charge in [0, 0.05) is 12.7 Å². The summed E-state index contributed by atoms with van der Waals surface area (Å²) in [6.45, 7) is 1.24. The molecule has 3 rings (SSSR count). The fraction of sp³-hybridized carbons (Fsp3) is 0.500. The first-order valence-corrected chi connectivity index (χ1v) is 7.68. The van der Waals surface area contributed by atoms with Gasteiger partial charge >= 0.3 is 6.09 Å². The maximum atomic E-state index is 12.1. The van der Waals surface area contributed by atoms with Crippen LogP contribution in [0.2, 0.25) is 0 Å². The summed E-state index contributed by atoms with van der Waals surface area (Å²) >= 11 is 0. The largest absolute Gasteiger partial charge is 0.453 e. The van der Waals surface area contributed by atoms with Crippen molar-refractivity contribution in [3.63, 3.8) is 0 Å². The smallest absolute Gasteiger partial charge is 0.407 e. The molecule has 1 N–H and O–H groups in total. The molecule has 11 nitrogen and oxygen atoms in total. The minimum absolute atomic E-state index is 0.127. The Hall–Kier alpha value is -2.95. The van der Waals surface area contributed by atoms with Gasteiger partial charge in [-0.1, -0.05) is 4.85 Å². The number of hydrogen-bond acceptors (Lipinski definition) is 8. The fourth-order valence-electron chi connectivity index (χ4n) is 2.36. The molecule has 0 bridgehead atoms. The molecule has 1 aliphatic rings. The Labute approximate surface area is 142 Å². The highest BCUT2D eigenvalue weighted by atomic mass is 16.7. The van der Waals surface area contributed by atoms with Crippen LogP contribution < -0.4 is 10.2 Å². The van der Waals surface area contributed by atoms with E-state index in [1.54, 1.807) is 23.2 Å². The molecule has 1 atom stereocenters. The zero-order valence-corrected chi connectivity index (χ0v) is 13.6. The summed E-state index contributed by atoms with van der Waals surface area (Å²) in [5.41, 5.74) is 1.13. The van der Waals surface area contributed by atoms with E-state index in [4.69, 9.17) is 9.57 Å². The second-order valence-corrected chi connectivity index (χ2v) is 5.28. The van der Waals surface area contributed by atoms with Gasteiger partial charge in [-0.25, -0.2) is 9.78 Å². The highest BCUT2D eigenvalue weighted by molar-refractivity contribution is 5.82. The molecule has 1 aliphatic heterocycles. The van der Waals surface area contributed by atoms with Crippen molar-refractivity contribution in [3.8, 4) is 0 Å². The van der Waals surface area contributed by atoms with Crippen LogP contribution >= 0.6 is 0 Å². The lowest BCUT2D eigenvalue weighted by atomic mass is 10.3. The number of morpholine rings is 1. The van der Waals surface area contributed by atoms with E-state index in [1.807, 2.05) is 0 Å². The van der Waals surface area contributed by atoms with Crippen LogP contribution in [0.3, 0.4) is 0 Å². The number of fused-ring (bicyclic) bond motifs is 1. The number of ether oxygens (including phenoxy) is 2. The monoisotopic (exact) mass is 350 g/mol. The molecule has 0 aliphatic carbocycles. The predicted octanol–water partition coefficient (Wildman–Crippen LogP) is -1.16. The molecular formula is C14H18N6O5. The van der Waals surface area contributed by atoms with E-state index in [9.17, 15) is 9.59 Å². The summed E-state index contributed by atoms with van der Waals surface area (Å²) in [6, 6.07) is 3.54. The van der Waals surface area contributed by atoms with Crippen LogP contribution in [0.25, 0.3) is 11.2 Å². The summed E-state index contributed by atoms with van der Waals surface area (Å²) < 4.78 is 10.0. The van der Waals surface area contributed by atoms with Crippen molar-refractivity contribution >= 4 is 23.2 Å². The van der Waals surface area contributed by atoms with Crippen molar-refractivity contribution in [2.24, 2.45) is 0 Å². The number of nitrogens with one attached hydrogen (secondary N) is 1. The second-order valence-electron chi connectivity index (χ2n) is 5.28. The van der Waals surface area contributed by atoms with Gasteiger partial charge in [-0.3, -0.25) is 4.79 Å². The second kappa shape index (κ2) is 7.75. The molecule has 2 aromatic rings. The van der Waals surface area contributed by atoms with Gasteiger partial charge in [0.15, 0.2) is 0 Å².